The van der Waals surface area contributed by atoms with Gasteiger partial charge in [-0.3, -0.25) is 4.79 Å². The maximum Gasteiger partial charge on any atom is 0.231 e. The van der Waals surface area contributed by atoms with Gasteiger partial charge in [0.15, 0.2) is 0 Å². The molecule has 0 spiro atoms. The molecule has 25 heavy (non-hydrogen) atoms. The van der Waals surface area contributed by atoms with E-state index in [1.165, 1.54) is 12.1 Å². The molecule has 0 aliphatic rings. The number of hydrogen-bond acceptors (Lipinski definition) is 3. The number of nitrogens with one attached hydrogen (secondary N) is 1. The van der Waals surface area contributed by atoms with Crippen molar-refractivity contribution in [3.05, 3.63) is 71.4 Å². The van der Waals surface area contributed by atoms with E-state index in [9.17, 15) is 9.18 Å². The van der Waals surface area contributed by atoms with Gasteiger partial charge in [-0.05, 0) is 56.2 Å². The van der Waals surface area contributed by atoms with Gasteiger partial charge in [-0.15, -0.1) is 0 Å². The molecule has 0 unspecified atom stereocenters. The van der Waals surface area contributed by atoms with Crippen molar-refractivity contribution in [3.63, 3.8) is 0 Å². The van der Waals surface area contributed by atoms with Crippen LogP contribution in [0, 0.1) is 19.7 Å². The molecule has 1 heterocycles. The molecule has 0 aliphatic heterocycles. The Hall–Kier alpha value is -2.95. The highest BCUT2D eigenvalue weighted by Crippen LogP contribution is 2.27. The van der Waals surface area contributed by atoms with Crippen molar-refractivity contribution in [2.45, 2.75) is 26.7 Å². The van der Waals surface area contributed by atoms with Gasteiger partial charge in [-0.25, -0.2) is 9.37 Å². The van der Waals surface area contributed by atoms with E-state index in [2.05, 4.69) is 10.3 Å². The number of hydrogen-bond donors (Lipinski definition) is 1. The van der Waals surface area contributed by atoms with Crippen LogP contribution in [0.25, 0.3) is 11.5 Å². The van der Waals surface area contributed by atoms with Crippen molar-refractivity contribution < 1.29 is 13.6 Å². The van der Waals surface area contributed by atoms with E-state index in [4.69, 9.17) is 4.42 Å². The van der Waals surface area contributed by atoms with Gasteiger partial charge in [0.1, 0.15) is 12.1 Å². The van der Waals surface area contributed by atoms with Crippen LogP contribution in [-0.2, 0) is 4.79 Å². The lowest BCUT2D eigenvalue weighted by molar-refractivity contribution is -0.117. The van der Waals surface area contributed by atoms with E-state index in [1.807, 2.05) is 32.0 Å². The molecule has 0 saturated heterocycles. The zero-order valence-electron chi connectivity index (χ0n) is 14.3. The monoisotopic (exact) mass is 338 g/mol. The Labute approximate surface area is 145 Å². The summed E-state index contributed by atoms with van der Waals surface area (Å²) >= 11 is 0. The molecule has 1 N–H and O–H groups in total. The van der Waals surface area contributed by atoms with Gasteiger partial charge in [-0.1, -0.05) is 18.2 Å². The highest BCUT2D eigenvalue weighted by atomic mass is 19.1. The lowest BCUT2D eigenvalue weighted by Crippen LogP contribution is -2.18. The number of oxazole rings is 1. The molecule has 0 radical (unpaired) electrons. The Balaban J connectivity index is 1.80. The molecule has 1 atom stereocenters. The fourth-order valence-electron chi connectivity index (χ4n) is 2.56. The SMILES string of the molecule is Cc1coc(-c2cc(NC(=O)[C@@H](C)c3ccc(F)cc3)ccc2C)n1. The fourth-order valence-corrected chi connectivity index (χ4v) is 2.56. The number of amides is 1. The van der Waals surface area contributed by atoms with E-state index in [1.54, 1.807) is 25.3 Å². The van der Waals surface area contributed by atoms with Gasteiger partial charge < -0.3 is 9.73 Å². The van der Waals surface area contributed by atoms with Gasteiger partial charge in [-0.2, -0.15) is 0 Å². The normalized spacial score (nSPS) is 12.0. The molecule has 2 aromatic carbocycles. The third kappa shape index (κ3) is 3.76. The molecular weight excluding hydrogens is 319 g/mol. The van der Waals surface area contributed by atoms with E-state index in [0.29, 0.717) is 11.6 Å². The number of anilines is 1. The zero-order chi connectivity index (χ0) is 18.0. The number of aryl methyl sites for hydroxylation is 2. The minimum Gasteiger partial charge on any atom is -0.444 e. The third-order valence-corrected chi connectivity index (χ3v) is 4.12. The summed E-state index contributed by atoms with van der Waals surface area (Å²) in [6.07, 6.45) is 1.59. The Kier molecular flexibility index (Phi) is 4.65. The van der Waals surface area contributed by atoms with Crippen LogP contribution in [0.4, 0.5) is 10.1 Å². The average Bonchev–Trinajstić information content (AvgIpc) is 3.03. The first-order chi connectivity index (χ1) is 11.9. The summed E-state index contributed by atoms with van der Waals surface area (Å²) in [5.41, 5.74) is 4.06. The zero-order valence-corrected chi connectivity index (χ0v) is 14.3. The second-order valence-electron chi connectivity index (χ2n) is 6.09. The first-order valence-corrected chi connectivity index (χ1v) is 8.03. The lowest BCUT2D eigenvalue weighted by Gasteiger charge is -2.13. The Morgan fingerprint density at radius 3 is 2.52 bits per heavy atom. The fraction of sp³-hybridized carbons (Fsp3) is 0.200. The first kappa shape index (κ1) is 16.9. The van der Waals surface area contributed by atoms with Crippen molar-refractivity contribution in [3.8, 4) is 11.5 Å². The van der Waals surface area contributed by atoms with E-state index >= 15 is 0 Å². The van der Waals surface area contributed by atoms with Gasteiger partial charge in [0.2, 0.25) is 11.8 Å². The Morgan fingerprint density at radius 1 is 1.16 bits per heavy atom. The van der Waals surface area contributed by atoms with E-state index in [-0.39, 0.29) is 11.7 Å². The summed E-state index contributed by atoms with van der Waals surface area (Å²) in [7, 11) is 0. The predicted molar refractivity (Wildman–Crippen MR) is 94.9 cm³/mol. The maximum absolute atomic E-state index is 13.0. The van der Waals surface area contributed by atoms with Crippen molar-refractivity contribution in [1.29, 1.82) is 0 Å². The minimum absolute atomic E-state index is 0.162. The molecule has 5 heteroatoms. The third-order valence-electron chi connectivity index (χ3n) is 4.12. The van der Waals surface area contributed by atoms with Crippen LogP contribution in [0.2, 0.25) is 0 Å². The van der Waals surface area contributed by atoms with Gasteiger partial charge >= 0.3 is 0 Å². The van der Waals surface area contributed by atoms with Gasteiger partial charge in [0.25, 0.3) is 0 Å². The van der Waals surface area contributed by atoms with Crippen molar-refractivity contribution in [2.75, 3.05) is 5.32 Å². The van der Waals surface area contributed by atoms with Crippen LogP contribution in [-0.4, -0.2) is 10.9 Å². The lowest BCUT2D eigenvalue weighted by atomic mass is 10.00. The van der Waals surface area contributed by atoms with Gasteiger partial charge in [0.05, 0.1) is 11.6 Å². The average molecular weight is 338 g/mol. The molecule has 0 bridgehead atoms. The smallest absolute Gasteiger partial charge is 0.231 e. The second-order valence-corrected chi connectivity index (χ2v) is 6.09. The molecule has 1 amide bonds. The largest absolute Gasteiger partial charge is 0.444 e. The van der Waals surface area contributed by atoms with Gasteiger partial charge in [0, 0.05) is 11.3 Å². The molecule has 0 aliphatic carbocycles. The number of carbonyl (C=O) groups excluding carboxylic acids is 1. The topological polar surface area (TPSA) is 55.1 Å². The highest BCUT2D eigenvalue weighted by molar-refractivity contribution is 5.96. The Morgan fingerprint density at radius 2 is 1.88 bits per heavy atom. The first-order valence-electron chi connectivity index (χ1n) is 8.03. The summed E-state index contributed by atoms with van der Waals surface area (Å²) < 4.78 is 18.5. The number of rotatable bonds is 4. The molecule has 1 aromatic heterocycles. The molecule has 128 valence electrons. The minimum atomic E-state index is -0.394. The Bertz CT molecular complexity index is 900. The van der Waals surface area contributed by atoms with Crippen LogP contribution >= 0.6 is 0 Å². The van der Waals surface area contributed by atoms with Crippen LogP contribution in [0.3, 0.4) is 0 Å². The highest BCUT2D eigenvalue weighted by Gasteiger charge is 2.16. The standard InChI is InChI=1S/C20H19FN2O2/c1-12-4-9-17(10-18(12)20-22-13(2)11-25-20)23-19(24)14(3)15-5-7-16(21)8-6-15/h4-11,14H,1-3H3,(H,23,24)/t14-/m0/s1. The number of carbonyl (C=O) groups is 1. The summed E-state index contributed by atoms with van der Waals surface area (Å²) in [6.45, 7) is 5.61. The number of benzene rings is 2. The summed E-state index contributed by atoms with van der Waals surface area (Å²) in [5, 5.41) is 2.90. The molecule has 4 nitrogen and oxygen atoms in total. The molecule has 3 aromatic rings. The number of halogens is 1. The molecule has 0 saturated carbocycles. The van der Waals surface area contributed by atoms with Crippen molar-refractivity contribution >= 4 is 11.6 Å². The predicted octanol–water partition coefficient (Wildman–Crippen LogP) is 4.84. The van der Waals surface area contributed by atoms with Crippen LogP contribution in [0.1, 0.15) is 29.7 Å². The number of aromatic nitrogens is 1. The van der Waals surface area contributed by atoms with Crippen LogP contribution in [0.15, 0.2) is 53.1 Å². The molecule has 3 rings (SSSR count). The molecular formula is C20H19FN2O2. The number of nitrogens with zero attached hydrogens (tertiary/aromatic N) is 1. The second kappa shape index (κ2) is 6.89. The summed E-state index contributed by atoms with van der Waals surface area (Å²) in [5.74, 6) is -0.349. The van der Waals surface area contributed by atoms with E-state index < -0.39 is 5.92 Å². The van der Waals surface area contributed by atoms with Crippen molar-refractivity contribution in [2.24, 2.45) is 0 Å². The summed E-state index contributed by atoms with van der Waals surface area (Å²) in [6, 6.07) is 11.5. The van der Waals surface area contributed by atoms with Crippen LogP contribution in [0.5, 0.6) is 0 Å². The molecule has 0 fully saturated rings. The summed E-state index contributed by atoms with van der Waals surface area (Å²) in [4.78, 5) is 16.8. The van der Waals surface area contributed by atoms with Crippen LogP contribution < -0.4 is 5.32 Å². The van der Waals surface area contributed by atoms with E-state index in [0.717, 1.165) is 22.4 Å². The quantitative estimate of drug-likeness (QED) is 0.740. The van der Waals surface area contributed by atoms with Crippen molar-refractivity contribution in [1.82, 2.24) is 4.98 Å². The maximum atomic E-state index is 13.0.